The fraction of sp³-hybridized carbons (Fsp3) is 0.350. The average molecular weight is 318 g/mol. The van der Waals surface area contributed by atoms with E-state index in [4.69, 9.17) is 9.97 Å². The third kappa shape index (κ3) is 2.84. The minimum Gasteiger partial charge on any atom is -0.355 e. The normalized spacial score (nSPS) is 21.2. The number of hydrogen-bond donors (Lipinski definition) is 0. The molecule has 0 N–H and O–H groups in total. The summed E-state index contributed by atoms with van der Waals surface area (Å²) in [6.07, 6.45) is 4.89. The van der Waals surface area contributed by atoms with Gasteiger partial charge in [-0.2, -0.15) is 0 Å². The summed E-state index contributed by atoms with van der Waals surface area (Å²) in [5.41, 5.74) is 1.95. The number of para-hydroxylation sites is 1. The van der Waals surface area contributed by atoms with Crippen LogP contribution in [0.2, 0.25) is 0 Å². The molecule has 3 aromatic rings. The number of anilines is 1. The molecule has 1 fully saturated rings. The van der Waals surface area contributed by atoms with E-state index in [1.54, 1.807) is 6.20 Å². The van der Waals surface area contributed by atoms with Crippen molar-refractivity contribution < 1.29 is 0 Å². The van der Waals surface area contributed by atoms with Crippen molar-refractivity contribution in [1.29, 1.82) is 0 Å². The minimum atomic E-state index is 0.685. The van der Waals surface area contributed by atoms with E-state index in [1.807, 2.05) is 24.4 Å². The van der Waals surface area contributed by atoms with Gasteiger partial charge in [0.1, 0.15) is 5.82 Å². The number of aromatic nitrogens is 3. The third-order valence-electron chi connectivity index (χ3n) is 4.67. The Balaban J connectivity index is 1.87. The van der Waals surface area contributed by atoms with Crippen LogP contribution in [0.5, 0.6) is 0 Å². The van der Waals surface area contributed by atoms with Crippen LogP contribution < -0.4 is 4.90 Å². The van der Waals surface area contributed by atoms with Crippen LogP contribution in [0.4, 0.5) is 5.82 Å². The first kappa shape index (κ1) is 15.1. The lowest BCUT2D eigenvalue weighted by Crippen LogP contribution is -2.39. The fourth-order valence-corrected chi connectivity index (χ4v) is 3.76. The van der Waals surface area contributed by atoms with Gasteiger partial charge in [-0.3, -0.25) is 4.98 Å². The van der Waals surface area contributed by atoms with Crippen molar-refractivity contribution in [2.45, 2.75) is 20.3 Å². The Bertz CT molecular complexity index is 837. The summed E-state index contributed by atoms with van der Waals surface area (Å²) >= 11 is 0. The van der Waals surface area contributed by atoms with Crippen LogP contribution in [0.25, 0.3) is 22.3 Å². The molecule has 0 unspecified atom stereocenters. The molecule has 4 rings (SSSR count). The zero-order valence-corrected chi connectivity index (χ0v) is 14.2. The SMILES string of the molecule is C[C@H]1C[C@H](C)CN(c2nc(-c3cccnc3)nc3ccccc23)C1. The molecule has 0 spiro atoms. The van der Waals surface area contributed by atoms with Crippen molar-refractivity contribution in [1.82, 2.24) is 15.0 Å². The van der Waals surface area contributed by atoms with Gasteiger partial charge in [-0.1, -0.05) is 26.0 Å². The first-order valence-electron chi connectivity index (χ1n) is 8.63. The lowest BCUT2D eigenvalue weighted by atomic mass is 9.92. The predicted molar refractivity (Wildman–Crippen MR) is 97.9 cm³/mol. The maximum atomic E-state index is 4.94. The van der Waals surface area contributed by atoms with Crippen LogP contribution >= 0.6 is 0 Å². The van der Waals surface area contributed by atoms with Gasteiger partial charge in [0.2, 0.25) is 0 Å². The molecule has 3 heterocycles. The number of pyridine rings is 1. The van der Waals surface area contributed by atoms with Crippen LogP contribution in [-0.4, -0.2) is 28.0 Å². The molecule has 0 aliphatic carbocycles. The molecule has 122 valence electrons. The van der Waals surface area contributed by atoms with Gasteiger partial charge < -0.3 is 4.90 Å². The Morgan fingerprint density at radius 3 is 2.50 bits per heavy atom. The summed E-state index contributed by atoms with van der Waals surface area (Å²) in [6, 6.07) is 12.2. The van der Waals surface area contributed by atoms with Crippen molar-refractivity contribution in [3.05, 3.63) is 48.8 Å². The topological polar surface area (TPSA) is 41.9 Å². The summed E-state index contributed by atoms with van der Waals surface area (Å²) in [7, 11) is 0. The lowest BCUT2D eigenvalue weighted by molar-refractivity contribution is 0.356. The molecule has 0 saturated carbocycles. The maximum absolute atomic E-state index is 4.94. The van der Waals surface area contributed by atoms with Gasteiger partial charge >= 0.3 is 0 Å². The molecular weight excluding hydrogens is 296 g/mol. The Kier molecular flexibility index (Phi) is 3.89. The molecule has 0 radical (unpaired) electrons. The summed E-state index contributed by atoms with van der Waals surface area (Å²) in [6.45, 7) is 6.76. The van der Waals surface area contributed by atoms with Crippen molar-refractivity contribution >= 4 is 16.7 Å². The van der Waals surface area contributed by atoms with E-state index < -0.39 is 0 Å². The van der Waals surface area contributed by atoms with E-state index in [0.717, 1.165) is 41.2 Å². The van der Waals surface area contributed by atoms with Crippen molar-refractivity contribution in [3.8, 4) is 11.4 Å². The van der Waals surface area contributed by atoms with Crippen LogP contribution in [0.3, 0.4) is 0 Å². The summed E-state index contributed by atoms with van der Waals surface area (Å²) in [5, 5.41) is 1.13. The molecule has 2 atom stereocenters. The van der Waals surface area contributed by atoms with Gasteiger partial charge in [0.05, 0.1) is 5.52 Å². The first-order valence-corrected chi connectivity index (χ1v) is 8.63. The summed E-state index contributed by atoms with van der Waals surface area (Å²) in [4.78, 5) is 16.3. The van der Waals surface area contributed by atoms with Crippen molar-refractivity contribution in [3.63, 3.8) is 0 Å². The van der Waals surface area contributed by atoms with Crippen molar-refractivity contribution in [2.24, 2.45) is 11.8 Å². The molecular formula is C20H22N4. The van der Waals surface area contributed by atoms with Crippen LogP contribution in [-0.2, 0) is 0 Å². The molecule has 4 heteroatoms. The molecule has 0 bridgehead atoms. The number of benzene rings is 1. The maximum Gasteiger partial charge on any atom is 0.163 e. The van der Waals surface area contributed by atoms with Gasteiger partial charge in [0.25, 0.3) is 0 Å². The quantitative estimate of drug-likeness (QED) is 0.711. The van der Waals surface area contributed by atoms with E-state index in [2.05, 4.69) is 41.9 Å². The van der Waals surface area contributed by atoms with Gasteiger partial charge in [-0.15, -0.1) is 0 Å². The van der Waals surface area contributed by atoms with Gasteiger partial charge in [-0.05, 0) is 42.5 Å². The molecule has 1 aromatic carbocycles. The summed E-state index contributed by atoms with van der Waals surface area (Å²) < 4.78 is 0. The Labute approximate surface area is 142 Å². The highest BCUT2D eigenvalue weighted by Crippen LogP contribution is 2.31. The zero-order valence-electron chi connectivity index (χ0n) is 14.2. The minimum absolute atomic E-state index is 0.685. The third-order valence-corrected chi connectivity index (χ3v) is 4.67. The van der Waals surface area contributed by atoms with Crippen LogP contribution in [0, 0.1) is 11.8 Å². The standard InChI is InChI=1S/C20H22N4/c1-14-10-15(2)13-24(12-14)20-17-7-3-4-8-18(17)22-19(23-20)16-6-5-9-21-11-16/h3-9,11,14-15H,10,12-13H2,1-2H3/t14-,15-/m0/s1. The van der Waals surface area contributed by atoms with Crippen LogP contribution in [0.1, 0.15) is 20.3 Å². The number of piperidine rings is 1. The summed E-state index contributed by atoms with van der Waals surface area (Å²) in [5.74, 6) is 3.18. The van der Waals surface area contributed by atoms with Gasteiger partial charge in [0, 0.05) is 36.4 Å². The number of hydrogen-bond acceptors (Lipinski definition) is 4. The molecule has 1 saturated heterocycles. The monoisotopic (exact) mass is 318 g/mol. The Hall–Kier alpha value is -2.49. The molecule has 1 aliphatic rings. The number of fused-ring (bicyclic) bond motifs is 1. The average Bonchev–Trinajstić information content (AvgIpc) is 2.60. The van der Waals surface area contributed by atoms with E-state index in [9.17, 15) is 0 Å². The molecule has 2 aromatic heterocycles. The fourth-order valence-electron chi connectivity index (χ4n) is 3.76. The Morgan fingerprint density at radius 2 is 1.75 bits per heavy atom. The van der Waals surface area contributed by atoms with E-state index in [1.165, 1.54) is 6.42 Å². The second kappa shape index (κ2) is 6.19. The number of nitrogens with zero attached hydrogens (tertiary/aromatic N) is 4. The first-order chi connectivity index (χ1) is 11.7. The molecule has 1 aliphatic heterocycles. The zero-order chi connectivity index (χ0) is 16.5. The second-order valence-corrected chi connectivity index (χ2v) is 6.98. The highest BCUT2D eigenvalue weighted by Gasteiger charge is 2.24. The van der Waals surface area contributed by atoms with Gasteiger partial charge in [0.15, 0.2) is 5.82 Å². The highest BCUT2D eigenvalue weighted by molar-refractivity contribution is 5.91. The molecule has 0 amide bonds. The smallest absolute Gasteiger partial charge is 0.163 e. The number of rotatable bonds is 2. The van der Waals surface area contributed by atoms with E-state index >= 15 is 0 Å². The van der Waals surface area contributed by atoms with Gasteiger partial charge in [-0.25, -0.2) is 9.97 Å². The lowest BCUT2D eigenvalue weighted by Gasteiger charge is -2.36. The predicted octanol–water partition coefficient (Wildman–Crippen LogP) is 4.17. The van der Waals surface area contributed by atoms with E-state index in [0.29, 0.717) is 11.8 Å². The van der Waals surface area contributed by atoms with E-state index in [-0.39, 0.29) is 0 Å². The Morgan fingerprint density at radius 1 is 0.958 bits per heavy atom. The molecule has 24 heavy (non-hydrogen) atoms. The molecule has 4 nitrogen and oxygen atoms in total. The largest absolute Gasteiger partial charge is 0.355 e. The highest BCUT2D eigenvalue weighted by atomic mass is 15.2. The van der Waals surface area contributed by atoms with Crippen LogP contribution in [0.15, 0.2) is 48.8 Å². The second-order valence-electron chi connectivity index (χ2n) is 6.98. The van der Waals surface area contributed by atoms with Crippen molar-refractivity contribution in [2.75, 3.05) is 18.0 Å².